The number of ether oxygens (including phenoxy) is 1. The highest BCUT2D eigenvalue weighted by molar-refractivity contribution is 9.10. The number of halogens is 1. The topological polar surface area (TPSA) is 79.7 Å². The maximum absolute atomic E-state index is 13.2. The number of ketones is 1. The van der Waals surface area contributed by atoms with Crippen LogP contribution in [0.1, 0.15) is 22.7 Å². The molecule has 6 nitrogen and oxygen atoms in total. The lowest BCUT2D eigenvalue weighted by molar-refractivity contribution is -0.132. The molecule has 2 aromatic carbocycles. The van der Waals surface area contributed by atoms with Crippen LogP contribution in [0.5, 0.6) is 5.75 Å². The van der Waals surface area contributed by atoms with E-state index in [9.17, 15) is 14.7 Å². The third-order valence-corrected chi connectivity index (χ3v) is 6.11. The molecule has 0 aliphatic carbocycles. The molecule has 0 saturated carbocycles. The standard InChI is InChI=1S/C24H19BrN2O4/c1-14-12-15(9-10-17(14)25)22(28)20-21(16-6-5-11-26-13-16)27(24(30)23(20)29)18-7-3-4-8-19(18)31-2/h3-13,21,28H,1-2H3/b22-20-. The van der Waals surface area contributed by atoms with E-state index >= 15 is 0 Å². The zero-order chi connectivity index (χ0) is 22.1. The summed E-state index contributed by atoms with van der Waals surface area (Å²) in [7, 11) is 1.50. The van der Waals surface area contributed by atoms with Gasteiger partial charge >= 0.3 is 0 Å². The minimum atomic E-state index is -0.853. The molecule has 1 fully saturated rings. The summed E-state index contributed by atoms with van der Waals surface area (Å²) in [5, 5.41) is 11.2. The van der Waals surface area contributed by atoms with Crippen molar-refractivity contribution in [3.05, 3.63) is 93.7 Å². The number of hydrogen-bond acceptors (Lipinski definition) is 5. The normalized spacial score (nSPS) is 17.8. The molecule has 0 spiro atoms. The van der Waals surface area contributed by atoms with Gasteiger partial charge in [0.15, 0.2) is 0 Å². The van der Waals surface area contributed by atoms with Gasteiger partial charge in [-0.15, -0.1) is 0 Å². The van der Waals surface area contributed by atoms with Crippen molar-refractivity contribution in [2.24, 2.45) is 0 Å². The van der Waals surface area contributed by atoms with Gasteiger partial charge in [0.2, 0.25) is 0 Å². The van der Waals surface area contributed by atoms with Gasteiger partial charge in [-0.05, 0) is 48.4 Å². The Labute approximate surface area is 187 Å². The molecule has 1 unspecified atom stereocenters. The Bertz CT molecular complexity index is 1210. The number of carbonyl (C=O) groups is 2. The van der Waals surface area contributed by atoms with Crippen molar-refractivity contribution in [1.29, 1.82) is 0 Å². The van der Waals surface area contributed by atoms with Crippen molar-refractivity contribution < 1.29 is 19.4 Å². The lowest BCUT2D eigenvalue weighted by Gasteiger charge is -2.26. The summed E-state index contributed by atoms with van der Waals surface area (Å²) < 4.78 is 6.31. The molecular weight excluding hydrogens is 460 g/mol. The van der Waals surface area contributed by atoms with Gasteiger partial charge in [-0.1, -0.05) is 40.2 Å². The molecule has 4 rings (SSSR count). The van der Waals surface area contributed by atoms with Crippen molar-refractivity contribution in [2.75, 3.05) is 12.0 Å². The van der Waals surface area contributed by atoms with Gasteiger partial charge in [-0.2, -0.15) is 0 Å². The van der Waals surface area contributed by atoms with Crippen molar-refractivity contribution in [3.63, 3.8) is 0 Å². The monoisotopic (exact) mass is 478 g/mol. The molecule has 3 aromatic rings. The molecule has 1 N–H and O–H groups in total. The van der Waals surface area contributed by atoms with E-state index < -0.39 is 17.7 Å². The molecular formula is C24H19BrN2O4. The number of rotatable bonds is 4. The average molecular weight is 479 g/mol. The predicted molar refractivity (Wildman–Crippen MR) is 121 cm³/mol. The van der Waals surface area contributed by atoms with Crippen LogP contribution >= 0.6 is 15.9 Å². The van der Waals surface area contributed by atoms with Crippen LogP contribution in [-0.2, 0) is 9.59 Å². The molecule has 1 saturated heterocycles. The number of para-hydroxylation sites is 2. The number of nitrogens with zero attached hydrogens (tertiary/aromatic N) is 2. The number of anilines is 1. The van der Waals surface area contributed by atoms with E-state index in [1.54, 1.807) is 67.0 Å². The third kappa shape index (κ3) is 3.61. The summed E-state index contributed by atoms with van der Waals surface area (Å²) in [5.41, 5.74) is 2.38. The Morgan fingerprint density at radius 3 is 2.58 bits per heavy atom. The fourth-order valence-electron chi connectivity index (χ4n) is 3.71. The predicted octanol–water partition coefficient (Wildman–Crippen LogP) is 4.79. The zero-order valence-corrected chi connectivity index (χ0v) is 18.5. The Balaban J connectivity index is 1.97. The van der Waals surface area contributed by atoms with Gasteiger partial charge in [0.25, 0.3) is 11.7 Å². The Morgan fingerprint density at radius 1 is 1.13 bits per heavy atom. The number of Topliss-reactive ketones (excluding diaryl/α,β-unsaturated/α-hetero) is 1. The molecule has 1 atom stereocenters. The number of carbonyl (C=O) groups excluding carboxylic acids is 2. The fraction of sp³-hybridized carbons (Fsp3) is 0.125. The summed E-state index contributed by atoms with van der Waals surface area (Å²) >= 11 is 3.44. The van der Waals surface area contributed by atoms with E-state index in [-0.39, 0.29) is 11.3 Å². The number of pyridine rings is 1. The van der Waals surface area contributed by atoms with Crippen molar-refractivity contribution in [2.45, 2.75) is 13.0 Å². The number of aromatic nitrogens is 1. The number of methoxy groups -OCH3 is 1. The van der Waals surface area contributed by atoms with E-state index in [0.29, 0.717) is 22.6 Å². The molecule has 7 heteroatoms. The molecule has 1 amide bonds. The second kappa shape index (κ2) is 8.35. The summed E-state index contributed by atoms with van der Waals surface area (Å²) in [6.45, 7) is 1.88. The van der Waals surface area contributed by atoms with Gasteiger partial charge in [0.1, 0.15) is 11.5 Å². The number of aryl methyl sites for hydroxylation is 1. The maximum Gasteiger partial charge on any atom is 0.300 e. The number of aliphatic hydroxyl groups is 1. The van der Waals surface area contributed by atoms with Gasteiger partial charge < -0.3 is 9.84 Å². The SMILES string of the molecule is COc1ccccc1N1C(=O)C(=O)/C(=C(\O)c2ccc(Br)c(C)c2)C1c1cccnc1. The van der Waals surface area contributed by atoms with E-state index in [1.807, 2.05) is 6.92 Å². The molecule has 1 aliphatic rings. The van der Waals surface area contributed by atoms with E-state index in [0.717, 1.165) is 10.0 Å². The Morgan fingerprint density at radius 2 is 1.90 bits per heavy atom. The first-order valence-electron chi connectivity index (χ1n) is 9.54. The smallest absolute Gasteiger partial charge is 0.300 e. The van der Waals surface area contributed by atoms with Crippen LogP contribution < -0.4 is 9.64 Å². The minimum absolute atomic E-state index is 0.00521. The van der Waals surface area contributed by atoms with Crippen LogP contribution in [0.15, 0.2) is 77.0 Å². The van der Waals surface area contributed by atoms with E-state index in [4.69, 9.17) is 4.74 Å². The van der Waals surface area contributed by atoms with Crippen LogP contribution in [0.25, 0.3) is 5.76 Å². The summed E-state index contributed by atoms with van der Waals surface area (Å²) in [4.78, 5) is 31.8. The number of hydrogen-bond donors (Lipinski definition) is 1. The average Bonchev–Trinajstić information content (AvgIpc) is 3.06. The summed E-state index contributed by atoms with van der Waals surface area (Å²) in [5.74, 6) is -1.30. The molecule has 1 aromatic heterocycles. The molecule has 156 valence electrons. The van der Waals surface area contributed by atoms with Crippen LogP contribution in [0.2, 0.25) is 0 Å². The quantitative estimate of drug-likeness (QED) is 0.331. The van der Waals surface area contributed by atoms with Crippen LogP contribution in [0, 0.1) is 6.92 Å². The summed E-state index contributed by atoms with van der Waals surface area (Å²) in [6.07, 6.45) is 3.19. The highest BCUT2D eigenvalue weighted by Crippen LogP contribution is 2.44. The van der Waals surface area contributed by atoms with Crippen LogP contribution in [-0.4, -0.2) is 28.9 Å². The van der Waals surface area contributed by atoms with E-state index in [1.165, 1.54) is 12.0 Å². The second-order valence-corrected chi connectivity index (χ2v) is 7.95. The van der Waals surface area contributed by atoms with Crippen molar-refractivity contribution >= 4 is 39.1 Å². The first-order valence-corrected chi connectivity index (χ1v) is 10.3. The largest absolute Gasteiger partial charge is 0.507 e. The van der Waals surface area contributed by atoms with E-state index in [2.05, 4.69) is 20.9 Å². The first-order chi connectivity index (χ1) is 14.9. The molecule has 1 aliphatic heterocycles. The second-order valence-electron chi connectivity index (χ2n) is 7.09. The number of aliphatic hydroxyl groups excluding tert-OH is 1. The minimum Gasteiger partial charge on any atom is -0.507 e. The first kappa shape index (κ1) is 20.8. The highest BCUT2D eigenvalue weighted by Gasteiger charge is 2.47. The zero-order valence-electron chi connectivity index (χ0n) is 16.9. The third-order valence-electron chi connectivity index (χ3n) is 5.22. The van der Waals surface area contributed by atoms with Gasteiger partial charge in [-0.25, -0.2) is 0 Å². The van der Waals surface area contributed by atoms with Gasteiger partial charge in [-0.3, -0.25) is 19.5 Å². The number of amides is 1. The summed E-state index contributed by atoms with van der Waals surface area (Å²) in [6, 6.07) is 14.9. The van der Waals surface area contributed by atoms with Crippen molar-refractivity contribution in [3.8, 4) is 5.75 Å². The maximum atomic E-state index is 13.2. The number of benzene rings is 2. The van der Waals surface area contributed by atoms with Crippen molar-refractivity contribution in [1.82, 2.24) is 4.98 Å². The lowest BCUT2D eigenvalue weighted by atomic mass is 9.95. The Kier molecular flexibility index (Phi) is 5.61. The highest BCUT2D eigenvalue weighted by atomic mass is 79.9. The van der Waals surface area contributed by atoms with Crippen LogP contribution in [0.3, 0.4) is 0 Å². The molecule has 0 radical (unpaired) electrons. The molecule has 0 bridgehead atoms. The lowest BCUT2D eigenvalue weighted by Crippen LogP contribution is -2.29. The van der Waals surface area contributed by atoms with Gasteiger partial charge in [0.05, 0.1) is 24.4 Å². The van der Waals surface area contributed by atoms with Gasteiger partial charge in [0, 0.05) is 22.4 Å². The van der Waals surface area contributed by atoms with Crippen LogP contribution in [0.4, 0.5) is 5.69 Å². The fourth-order valence-corrected chi connectivity index (χ4v) is 3.96. The molecule has 2 heterocycles. The molecule has 31 heavy (non-hydrogen) atoms. The Hall–Kier alpha value is -3.45.